The molecule has 2 nitrogen and oxygen atoms in total. The van der Waals surface area contributed by atoms with Gasteiger partial charge in [-0.05, 0) is 71.3 Å². The minimum absolute atomic E-state index is 0.341. The van der Waals surface area contributed by atoms with Gasteiger partial charge in [0.25, 0.3) is 0 Å². The maximum absolute atomic E-state index is 9.95. The Morgan fingerprint density at radius 1 is 1.21 bits per heavy atom. The monoisotopic (exact) mass is 337 g/mol. The molecule has 0 amide bonds. The van der Waals surface area contributed by atoms with Crippen LogP contribution in [0.3, 0.4) is 0 Å². The summed E-state index contributed by atoms with van der Waals surface area (Å²) in [6.45, 7) is 4.93. The van der Waals surface area contributed by atoms with E-state index in [-0.39, 0.29) is 0 Å². The fourth-order valence-electron chi connectivity index (χ4n) is 4.40. The molecule has 3 heterocycles. The summed E-state index contributed by atoms with van der Waals surface area (Å²) in [5.74, 6) is 0.341. The number of benzene rings is 1. The molecular formula is C21H23NOS. The van der Waals surface area contributed by atoms with Crippen molar-refractivity contribution in [2.45, 2.75) is 37.8 Å². The standard InChI is InChI=1S/C21H23NOS/c1-2-9-22-18-6-7-19(22)12-17(11-18)21(16-8-10-24-14-16)15-4-3-5-20(23)13-15/h2-5,8,10,13-14,18-19,23H,1,6-7,9,11-12H2. The summed E-state index contributed by atoms with van der Waals surface area (Å²) in [6, 6.07) is 11.2. The number of fused-ring (bicyclic) bond motifs is 2. The van der Waals surface area contributed by atoms with Crippen LogP contribution in [0.5, 0.6) is 5.75 Å². The number of hydrogen-bond acceptors (Lipinski definition) is 3. The molecule has 3 heteroatoms. The van der Waals surface area contributed by atoms with Gasteiger partial charge in [-0.3, -0.25) is 4.90 Å². The molecule has 1 N–H and O–H groups in total. The number of rotatable bonds is 4. The molecule has 0 saturated carbocycles. The van der Waals surface area contributed by atoms with E-state index in [1.807, 2.05) is 18.2 Å². The zero-order valence-electron chi connectivity index (χ0n) is 13.8. The van der Waals surface area contributed by atoms with Crippen LogP contribution in [0.1, 0.15) is 36.8 Å². The molecule has 2 atom stereocenters. The van der Waals surface area contributed by atoms with Gasteiger partial charge >= 0.3 is 0 Å². The van der Waals surface area contributed by atoms with Gasteiger partial charge in [0.15, 0.2) is 0 Å². The van der Waals surface area contributed by atoms with Crippen LogP contribution in [0, 0.1) is 0 Å². The molecular weight excluding hydrogens is 314 g/mol. The minimum atomic E-state index is 0.341. The van der Waals surface area contributed by atoms with E-state index in [0.717, 1.165) is 24.9 Å². The van der Waals surface area contributed by atoms with Gasteiger partial charge < -0.3 is 5.11 Å². The molecule has 2 fully saturated rings. The van der Waals surface area contributed by atoms with Crippen LogP contribution < -0.4 is 0 Å². The second kappa shape index (κ2) is 6.58. The first-order valence-electron chi connectivity index (χ1n) is 8.67. The van der Waals surface area contributed by atoms with E-state index in [2.05, 4.69) is 34.4 Å². The number of phenolic OH excluding ortho intramolecular Hbond substituents is 1. The van der Waals surface area contributed by atoms with E-state index in [9.17, 15) is 5.11 Å². The van der Waals surface area contributed by atoms with Crippen LogP contribution in [-0.4, -0.2) is 28.6 Å². The Hall–Kier alpha value is -1.84. The van der Waals surface area contributed by atoms with Crippen molar-refractivity contribution in [1.82, 2.24) is 4.90 Å². The molecule has 2 aromatic rings. The van der Waals surface area contributed by atoms with Gasteiger partial charge in [-0.25, -0.2) is 0 Å². The molecule has 2 aliphatic heterocycles. The lowest BCUT2D eigenvalue weighted by Crippen LogP contribution is -2.40. The Kier molecular flexibility index (Phi) is 4.30. The van der Waals surface area contributed by atoms with E-state index in [0.29, 0.717) is 17.8 Å². The third-order valence-electron chi connectivity index (χ3n) is 5.37. The molecule has 2 saturated heterocycles. The predicted molar refractivity (Wildman–Crippen MR) is 101 cm³/mol. The third-order valence-corrected chi connectivity index (χ3v) is 6.06. The largest absolute Gasteiger partial charge is 0.508 e. The van der Waals surface area contributed by atoms with Crippen molar-refractivity contribution in [1.29, 1.82) is 0 Å². The summed E-state index contributed by atoms with van der Waals surface area (Å²) in [4.78, 5) is 2.63. The number of aromatic hydroxyl groups is 1. The zero-order chi connectivity index (χ0) is 16.5. The van der Waals surface area contributed by atoms with Gasteiger partial charge in [-0.2, -0.15) is 11.3 Å². The van der Waals surface area contributed by atoms with E-state index in [1.54, 1.807) is 23.0 Å². The molecule has 4 rings (SSSR count). The highest BCUT2D eigenvalue weighted by atomic mass is 32.1. The number of phenols is 1. The van der Waals surface area contributed by atoms with E-state index in [4.69, 9.17) is 0 Å². The van der Waals surface area contributed by atoms with E-state index >= 15 is 0 Å². The zero-order valence-corrected chi connectivity index (χ0v) is 14.6. The summed E-state index contributed by atoms with van der Waals surface area (Å²) in [7, 11) is 0. The van der Waals surface area contributed by atoms with Crippen LogP contribution in [0.4, 0.5) is 0 Å². The van der Waals surface area contributed by atoms with E-state index < -0.39 is 0 Å². The molecule has 2 aliphatic rings. The number of piperidine rings is 1. The van der Waals surface area contributed by atoms with Crippen LogP contribution in [0.2, 0.25) is 0 Å². The van der Waals surface area contributed by atoms with Crippen molar-refractivity contribution in [3.05, 3.63) is 70.4 Å². The lowest BCUT2D eigenvalue weighted by Gasteiger charge is -2.36. The Balaban J connectivity index is 1.77. The molecule has 0 aliphatic carbocycles. The van der Waals surface area contributed by atoms with Crippen molar-refractivity contribution < 1.29 is 5.11 Å². The van der Waals surface area contributed by atoms with Crippen molar-refractivity contribution in [2.24, 2.45) is 0 Å². The molecule has 24 heavy (non-hydrogen) atoms. The Morgan fingerprint density at radius 2 is 2.00 bits per heavy atom. The molecule has 2 unspecified atom stereocenters. The number of thiophene rings is 1. The maximum atomic E-state index is 9.95. The summed E-state index contributed by atoms with van der Waals surface area (Å²) in [6.07, 6.45) is 6.88. The fourth-order valence-corrected chi connectivity index (χ4v) is 5.05. The van der Waals surface area contributed by atoms with Crippen LogP contribution in [0.25, 0.3) is 5.57 Å². The number of nitrogens with zero attached hydrogens (tertiary/aromatic N) is 1. The second-order valence-electron chi connectivity index (χ2n) is 6.82. The molecule has 2 bridgehead atoms. The normalized spacial score (nSPS) is 23.4. The van der Waals surface area contributed by atoms with E-state index in [1.165, 1.54) is 24.0 Å². The highest BCUT2D eigenvalue weighted by Gasteiger charge is 2.38. The van der Waals surface area contributed by atoms with Crippen LogP contribution in [-0.2, 0) is 0 Å². The quantitative estimate of drug-likeness (QED) is 0.788. The van der Waals surface area contributed by atoms with Gasteiger partial charge in [0.2, 0.25) is 0 Å². The minimum Gasteiger partial charge on any atom is -0.508 e. The molecule has 124 valence electrons. The van der Waals surface area contributed by atoms with Crippen molar-refractivity contribution in [3.8, 4) is 5.75 Å². The third kappa shape index (κ3) is 2.83. The second-order valence-corrected chi connectivity index (χ2v) is 7.60. The smallest absolute Gasteiger partial charge is 0.116 e. The molecule has 0 spiro atoms. The lowest BCUT2D eigenvalue weighted by atomic mass is 9.86. The number of hydrogen-bond donors (Lipinski definition) is 1. The van der Waals surface area contributed by atoms with Gasteiger partial charge in [0, 0.05) is 18.6 Å². The first kappa shape index (κ1) is 15.7. The molecule has 0 radical (unpaired) electrons. The van der Waals surface area contributed by atoms with Gasteiger partial charge in [-0.1, -0.05) is 23.8 Å². The molecule has 1 aromatic carbocycles. The topological polar surface area (TPSA) is 23.5 Å². The van der Waals surface area contributed by atoms with Crippen molar-refractivity contribution in [2.75, 3.05) is 6.54 Å². The highest BCUT2D eigenvalue weighted by molar-refractivity contribution is 7.08. The van der Waals surface area contributed by atoms with Gasteiger partial charge in [-0.15, -0.1) is 6.58 Å². The predicted octanol–water partition coefficient (Wildman–Crippen LogP) is 5.07. The Morgan fingerprint density at radius 3 is 2.62 bits per heavy atom. The summed E-state index contributed by atoms with van der Waals surface area (Å²) >= 11 is 1.74. The van der Waals surface area contributed by atoms with Gasteiger partial charge in [0.1, 0.15) is 5.75 Å². The first-order valence-corrected chi connectivity index (χ1v) is 9.61. The van der Waals surface area contributed by atoms with Crippen molar-refractivity contribution >= 4 is 16.9 Å². The van der Waals surface area contributed by atoms with Crippen LogP contribution in [0.15, 0.2) is 59.3 Å². The summed E-state index contributed by atoms with van der Waals surface area (Å²) in [5.41, 5.74) is 5.31. The first-order chi connectivity index (χ1) is 11.8. The lowest BCUT2D eigenvalue weighted by molar-refractivity contribution is 0.186. The summed E-state index contributed by atoms with van der Waals surface area (Å²) in [5, 5.41) is 14.3. The average molecular weight is 337 g/mol. The molecule has 1 aromatic heterocycles. The Bertz CT molecular complexity index is 746. The average Bonchev–Trinajstić information content (AvgIpc) is 3.16. The summed E-state index contributed by atoms with van der Waals surface area (Å²) < 4.78 is 0. The van der Waals surface area contributed by atoms with Gasteiger partial charge in [0.05, 0.1) is 0 Å². The highest BCUT2D eigenvalue weighted by Crippen LogP contribution is 2.43. The Labute approximate surface area is 147 Å². The van der Waals surface area contributed by atoms with Crippen molar-refractivity contribution in [3.63, 3.8) is 0 Å². The fraction of sp³-hybridized carbons (Fsp3) is 0.333. The SMILES string of the molecule is C=CCN1C2CCC1CC(=C(c1ccsc1)c1cccc(O)c1)C2. The maximum Gasteiger partial charge on any atom is 0.116 e. The van der Waals surface area contributed by atoms with Crippen LogP contribution >= 0.6 is 11.3 Å².